The summed E-state index contributed by atoms with van der Waals surface area (Å²) in [5, 5.41) is 0. The molecule has 0 aromatic rings. The van der Waals surface area contributed by atoms with Crippen LogP contribution in [0.1, 0.15) is 27.7 Å². The number of likely N-dealkylation sites (tertiary alicyclic amines) is 1. The van der Waals surface area contributed by atoms with E-state index in [0.717, 1.165) is 13.1 Å². The Morgan fingerprint density at radius 3 is 1.93 bits per heavy atom. The molecule has 1 heterocycles. The highest BCUT2D eigenvalue weighted by Crippen LogP contribution is 2.44. The second kappa shape index (κ2) is 3.79. The molecule has 1 rings (SSSR count). The fourth-order valence-corrected chi connectivity index (χ4v) is 2.32. The number of hydrogen-bond donors (Lipinski definition) is 0. The molecule has 3 heteroatoms. The minimum Gasteiger partial charge on any atom is -0.453 e. The van der Waals surface area contributed by atoms with Crippen molar-refractivity contribution < 1.29 is 9.53 Å². The van der Waals surface area contributed by atoms with Crippen molar-refractivity contribution in [1.29, 1.82) is 0 Å². The van der Waals surface area contributed by atoms with Gasteiger partial charge in [-0.05, 0) is 11.8 Å². The highest BCUT2D eigenvalue weighted by molar-refractivity contribution is 5.68. The standard InChI is InChI=1S/C11H21NO2/c1-8(2)11(9(3)4)6-12(7-11)10(13)14-5/h8-9H,6-7H2,1-5H3. The first-order valence-electron chi connectivity index (χ1n) is 5.27. The number of hydrogen-bond acceptors (Lipinski definition) is 2. The average Bonchev–Trinajstić information content (AvgIpc) is 2.00. The fraction of sp³-hybridized carbons (Fsp3) is 0.909. The van der Waals surface area contributed by atoms with Crippen molar-refractivity contribution >= 4 is 6.09 Å². The largest absolute Gasteiger partial charge is 0.453 e. The van der Waals surface area contributed by atoms with Crippen LogP contribution in [0.3, 0.4) is 0 Å². The van der Waals surface area contributed by atoms with Crippen LogP contribution in [0.5, 0.6) is 0 Å². The zero-order chi connectivity index (χ0) is 10.9. The molecule has 3 nitrogen and oxygen atoms in total. The molecule has 1 aliphatic rings. The van der Waals surface area contributed by atoms with Gasteiger partial charge in [0.15, 0.2) is 0 Å². The molecule has 14 heavy (non-hydrogen) atoms. The predicted octanol–water partition coefficient (Wildman–Crippen LogP) is 2.37. The minimum atomic E-state index is -0.193. The Hall–Kier alpha value is -0.730. The van der Waals surface area contributed by atoms with Crippen LogP contribution in [-0.2, 0) is 4.74 Å². The van der Waals surface area contributed by atoms with Crippen molar-refractivity contribution in [3.05, 3.63) is 0 Å². The van der Waals surface area contributed by atoms with Crippen LogP contribution in [0.2, 0.25) is 0 Å². The highest BCUT2D eigenvalue weighted by atomic mass is 16.5. The van der Waals surface area contributed by atoms with Crippen LogP contribution < -0.4 is 0 Å². The molecule has 0 aromatic heterocycles. The molecule has 82 valence electrons. The highest BCUT2D eigenvalue weighted by Gasteiger charge is 2.49. The number of rotatable bonds is 2. The lowest BCUT2D eigenvalue weighted by Crippen LogP contribution is -2.63. The molecular weight excluding hydrogens is 178 g/mol. The van der Waals surface area contributed by atoms with Gasteiger partial charge in [0.25, 0.3) is 0 Å². The third-order valence-corrected chi connectivity index (χ3v) is 3.70. The van der Waals surface area contributed by atoms with Gasteiger partial charge in [0.1, 0.15) is 0 Å². The molecule has 1 fully saturated rings. The lowest BCUT2D eigenvalue weighted by molar-refractivity contribution is -0.0598. The molecule has 0 bridgehead atoms. The van der Waals surface area contributed by atoms with Crippen molar-refractivity contribution in [3.63, 3.8) is 0 Å². The number of carbonyl (C=O) groups is 1. The van der Waals surface area contributed by atoms with Crippen molar-refractivity contribution in [2.45, 2.75) is 27.7 Å². The van der Waals surface area contributed by atoms with Crippen LogP contribution in [0.15, 0.2) is 0 Å². The smallest absolute Gasteiger partial charge is 0.409 e. The Morgan fingerprint density at radius 1 is 1.21 bits per heavy atom. The number of nitrogens with zero attached hydrogens (tertiary/aromatic N) is 1. The van der Waals surface area contributed by atoms with Crippen molar-refractivity contribution in [2.75, 3.05) is 20.2 Å². The number of methoxy groups -OCH3 is 1. The molecule has 0 radical (unpaired) electrons. The van der Waals surface area contributed by atoms with Gasteiger partial charge in [-0.1, -0.05) is 27.7 Å². The number of carbonyl (C=O) groups excluding carboxylic acids is 1. The van der Waals surface area contributed by atoms with Crippen molar-refractivity contribution in [3.8, 4) is 0 Å². The topological polar surface area (TPSA) is 29.5 Å². The van der Waals surface area contributed by atoms with Crippen LogP contribution >= 0.6 is 0 Å². The molecule has 1 saturated heterocycles. The first-order chi connectivity index (χ1) is 6.44. The molecule has 0 aliphatic carbocycles. The Bertz CT molecular complexity index is 207. The normalized spacial score (nSPS) is 19.8. The lowest BCUT2D eigenvalue weighted by atomic mass is 9.64. The van der Waals surface area contributed by atoms with Gasteiger partial charge in [-0.2, -0.15) is 0 Å². The predicted molar refractivity (Wildman–Crippen MR) is 56.1 cm³/mol. The maximum atomic E-state index is 11.2. The molecule has 0 spiro atoms. The van der Waals surface area contributed by atoms with Crippen LogP contribution in [0.4, 0.5) is 4.79 Å². The summed E-state index contributed by atoms with van der Waals surface area (Å²) in [5.41, 5.74) is 0.300. The summed E-state index contributed by atoms with van der Waals surface area (Å²) < 4.78 is 4.69. The summed E-state index contributed by atoms with van der Waals surface area (Å²) in [7, 11) is 1.44. The minimum absolute atomic E-state index is 0.193. The van der Waals surface area contributed by atoms with Gasteiger partial charge >= 0.3 is 6.09 Å². The van der Waals surface area contributed by atoms with Crippen LogP contribution in [0.25, 0.3) is 0 Å². The van der Waals surface area contributed by atoms with Gasteiger partial charge in [-0.15, -0.1) is 0 Å². The first kappa shape index (κ1) is 11.3. The Morgan fingerprint density at radius 2 is 1.64 bits per heavy atom. The zero-order valence-corrected chi connectivity index (χ0v) is 9.83. The molecule has 0 saturated carbocycles. The Kier molecular flexibility index (Phi) is 3.07. The van der Waals surface area contributed by atoms with Gasteiger partial charge in [0.2, 0.25) is 0 Å². The van der Waals surface area contributed by atoms with E-state index in [2.05, 4.69) is 27.7 Å². The van der Waals surface area contributed by atoms with E-state index in [1.807, 2.05) is 0 Å². The molecule has 0 aromatic carbocycles. The SMILES string of the molecule is COC(=O)N1CC(C(C)C)(C(C)C)C1. The summed E-state index contributed by atoms with van der Waals surface area (Å²) in [6.07, 6.45) is -0.193. The van der Waals surface area contributed by atoms with E-state index in [1.165, 1.54) is 7.11 Å². The van der Waals surface area contributed by atoms with E-state index in [1.54, 1.807) is 4.90 Å². The molecular formula is C11H21NO2. The van der Waals surface area contributed by atoms with Gasteiger partial charge in [0.05, 0.1) is 7.11 Å². The van der Waals surface area contributed by atoms with Crippen LogP contribution in [0, 0.1) is 17.3 Å². The molecule has 0 N–H and O–H groups in total. The van der Waals surface area contributed by atoms with E-state index in [4.69, 9.17) is 4.74 Å². The third-order valence-electron chi connectivity index (χ3n) is 3.70. The first-order valence-corrected chi connectivity index (χ1v) is 5.27. The van der Waals surface area contributed by atoms with Crippen LogP contribution in [-0.4, -0.2) is 31.2 Å². The Balaban J connectivity index is 2.60. The lowest BCUT2D eigenvalue weighted by Gasteiger charge is -2.54. The van der Waals surface area contributed by atoms with Gasteiger partial charge in [-0.3, -0.25) is 0 Å². The quantitative estimate of drug-likeness (QED) is 0.683. The Labute approximate surface area is 86.4 Å². The van der Waals surface area contributed by atoms with Crippen molar-refractivity contribution in [1.82, 2.24) is 4.90 Å². The summed E-state index contributed by atoms with van der Waals surface area (Å²) in [6, 6.07) is 0. The van der Waals surface area contributed by atoms with E-state index < -0.39 is 0 Å². The summed E-state index contributed by atoms with van der Waals surface area (Å²) in [5.74, 6) is 1.23. The number of ether oxygens (including phenoxy) is 1. The average molecular weight is 199 g/mol. The monoisotopic (exact) mass is 199 g/mol. The van der Waals surface area contributed by atoms with E-state index >= 15 is 0 Å². The second-order valence-electron chi connectivity index (χ2n) is 4.87. The van der Waals surface area contributed by atoms with E-state index in [-0.39, 0.29) is 6.09 Å². The van der Waals surface area contributed by atoms with Gasteiger partial charge in [-0.25, -0.2) is 4.79 Å². The second-order valence-corrected chi connectivity index (χ2v) is 4.87. The van der Waals surface area contributed by atoms with E-state index in [9.17, 15) is 4.79 Å². The molecule has 1 aliphatic heterocycles. The van der Waals surface area contributed by atoms with E-state index in [0.29, 0.717) is 17.3 Å². The summed E-state index contributed by atoms with van der Waals surface area (Å²) in [6.45, 7) is 10.6. The van der Waals surface area contributed by atoms with Gasteiger partial charge < -0.3 is 9.64 Å². The maximum absolute atomic E-state index is 11.2. The molecule has 1 amide bonds. The zero-order valence-electron chi connectivity index (χ0n) is 9.83. The fourth-order valence-electron chi connectivity index (χ4n) is 2.32. The maximum Gasteiger partial charge on any atom is 0.409 e. The summed E-state index contributed by atoms with van der Waals surface area (Å²) in [4.78, 5) is 13.0. The van der Waals surface area contributed by atoms with Crippen molar-refractivity contribution in [2.24, 2.45) is 17.3 Å². The number of amides is 1. The van der Waals surface area contributed by atoms with Gasteiger partial charge in [0, 0.05) is 18.5 Å². The third kappa shape index (κ3) is 1.60. The molecule has 0 atom stereocenters. The summed E-state index contributed by atoms with van der Waals surface area (Å²) >= 11 is 0. The molecule has 0 unspecified atom stereocenters.